The van der Waals surface area contributed by atoms with Gasteiger partial charge < -0.3 is 24.8 Å². The zero-order valence-corrected chi connectivity index (χ0v) is 26.6. The van der Waals surface area contributed by atoms with Crippen molar-refractivity contribution in [3.63, 3.8) is 0 Å². The van der Waals surface area contributed by atoms with Gasteiger partial charge in [-0.05, 0) is 53.9 Å². The lowest BCUT2D eigenvalue weighted by Crippen LogP contribution is -2.49. The number of carbonyl (C=O) groups excluding carboxylic acids is 2. The number of aliphatic hydroxyl groups excluding tert-OH is 1. The summed E-state index contributed by atoms with van der Waals surface area (Å²) in [5.41, 5.74) is 1.99. The first-order valence-electron chi connectivity index (χ1n) is 14.3. The summed E-state index contributed by atoms with van der Waals surface area (Å²) in [6.45, 7) is 16.4. The zero-order chi connectivity index (χ0) is 30.8. The van der Waals surface area contributed by atoms with Crippen LogP contribution in [0.5, 0.6) is 0 Å². The van der Waals surface area contributed by atoms with Crippen molar-refractivity contribution in [3.05, 3.63) is 34.4 Å². The normalized spacial score (nSPS) is 17.9. The smallest absolute Gasteiger partial charge is 0.416 e. The summed E-state index contributed by atoms with van der Waals surface area (Å²) in [4.78, 5) is 39.0. The van der Waals surface area contributed by atoms with Gasteiger partial charge in [0.2, 0.25) is 0 Å². The maximum atomic E-state index is 13.5. The lowest BCUT2D eigenvalue weighted by molar-refractivity contribution is -0.0104. The molecular weight excluding hydrogens is 558 g/mol. The molecule has 2 N–H and O–H groups in total. The number of nitrogens with zero attached hydrogens (tertiary/aromatic N) is 6. The fourth-order valence-corrected chi connectivity index (χ4v) is 5.21. The summed E-state index contributed by atoms with van der Waals surface area (Å²) in [7, 11) is 0. The van der Waals surface area contributed by atoms with Crippen molar-refractivity contribution in [2.75, 3.05) is 29.9 Å². The predicted molar refractivity (Wildman–Crippen MR) is 162 cm³/mol. The van der Waals surface area contributed by atoms with Gasteiger partial charge in [-0.1, -0.05) is 13.8 Å². The molecule has 0 bridgehead atoms. The number of likely N-dealkylation sites (tertiary alicyclic amines) is 1. The van der Waals surface area contributed by atoms with E-state index in [0.717, 1.165) is 10.4 Å². The number of fused-ring (bicyclic) bond motifs is 1. The Labute approximate surface area is 251 Å². The number of ether oxygens (including phenoxy) is 2. The molecule has 0 radical (unpaired) electrons. The lowest BCUT2D eigenvalue weighted by Gasteiger charge is -2.36. The number of anilines is 2. The van der Waals surface area contributed by atoms with Gasteiger partial charge >= 0.3 is 12.2 Å². The van der Waals surface area contributed by atoms with E-state index in [4.69, 9.17) is 14.5 Å². The van der Waals surface area contributed by atoms with Crippen molar-refractivity contribution in [3.8, 4) is 0 Å². The molecule has 3 aromatic rings. The molecule has 230 valence electrons. The Bertz CT molecular complexity index is 1380. The molecule has 1 fully saturated rings. The van der Waals surface area contributed by atoms with Crippen molar-refractivity contribution in [1.29, 1.82) is 0 Å². The first-order valence-corrected chi connectivity index (χ1v) is 15.2. The molecule has 42 heavy (non-hydrogen) atoms. The van der Waals surface area contributed by atoms with E-state index in [1.807, 2.05) is 41.5 Å². The molecule has 0 aromatic carbocycles. The molecule has 2 amide bonds. The third-order valence-corrected chi connectivity index (χ3v) is 7.47. The molecule has 1 aliphatic heterocycles. The number of hydrogen-bond acceptors (Lipinski definition) is 10. The minimum atomic E-state index is -0.729. The number of piperidine rings is 1. The van der Waals surface area contributed by atoms with E-state index >= 15 is 0 Å². The molecule has 12 nitrogen and oxygen atoms in total. The van der Waals surface area contributed by atoms with Gasteiger partial charge in [0.1, 0.15) is 22.8 Å². The van der Waals surface area contributed by atoms with E-state index in [1.54, 1.807) is 38.3 Å². The fourth-order valence-electron chi connectivity index (χ4n) is 4.63. The van der Waals surface area contributed by atoms with E-state index in [2.05, 4.69) is 29.2 Å². The second kappa shape index (κ2) is 12.4. The Morgan fingerprint density at radius 2 is 1.88 bits per heavy atom. The van der Waals surface area contributed by atoms with Gasteiger partial charge in [0.05, 0.1) is 30.9 Å². The molecule has 0 unspecified atom stereocenters. The number of amides is 2. The minimum absolute atomic E-state index is 0.112. The van der Waals surface area contributed by atoms with Gasteiger partial charge in [-0.15, -0.1) is 11.3 Å². The van der Waals surface area contributed by atoms with E-state index < -0.39 is 29.5 Å². The van der Waals surface area contributed by atoms with Crippen molar-refractivity contribution in [1.82, 2.24) is 24.5 Å². The first kappa shape index (κ1) is 31.5. The average Bonchev–Trinajstić information content (AvgIpc) is 3.54. The number of rotatable bonds is 7. The number of hydrogen-bond donors (Lipinski definition) is 2. The Morgan fingerprint density at radius 3 is 2.48 bits per heavy atom. The van der Waals surface area contributed by atoms with Crippen LogP contribution in [0.4, 0.5) is 21.2 Å². The van der Waals surface area contributed by atoms with Crippen molar-refractivity contribution in [2.45, 2.75) is 91.6 Å². The third-order valence-electron chi connectivity index (χ3n) is 6.71. The third kappa shape index (κ3) is 7.88. The molecule has 0 aliphatic carbocycles. The fraction of sp³-hybridized carbons (Fsp3) is 0.621. The molecular formula is C29H43N7O5S. The molecule has 0 spiro atoms. The quantitative estimate of drug-likeness (QED) is 0.371. The Kier molecular flexibility index (Phi) is 9.31. The number of aromatic nitrogens is 4. The van der Waals surface area contributed by atoms with Crippen molar-refractivity contribution in [2.24, 2.45) is 5.92 Å². The van der Waals surface area contributed by atoms with Gasteiger partial charge in [-0.25, -0.2) is 14.6 Å². The van der Waals surface area contributed by atoms with E-state index in [0.29, 0.717) is 36.8 Å². The molecule has 0 saturated carbocycles. The number of β-amino-alcohol motifs (C(OH)–C–C–N with tert-alkyl or cyclic N) is 1. The van der Waals surface area contributed by atoms with Crippen molar-refractivity contribution < 1.29 is 24.2 Å². The second-order valence-electron chi connectivity index (χ2n) is 12.9. The molecule has 4 rings (SSSR count). The van der Waals surface area contributed by atoms with Gasteiger partial charge in [0.25, 0.3) is 0 Å². The van der Waals surface area contributed by atoms with Crippen LogP contribution in [0.25, 0.3) is 5.65 Å². The highest BCUT2D eigenvalue weighted by atomic mass is 32.1. The van der Waals surface area contributed by atoms with Crippen LogP contribution < -0.4 is 10.2 Å². The van der Waals surface area contributed by atoms with Crippen LogP contribution in [-0.4, -0.2) is 78.7 Å². The number of thiazole rings is 1. The predicted octanol–water partition coefficient (Wildman–Crippen LogP) is 5.28. The van der Waals surface area contributed by atoms with Crippen LogP contribution in [0.1, 0.15) is 78.2 Å². The molecule has 4 heterocycles. The van der Waals surface area contributed by atoms with Crippen LogP contribution >= 0.6 is 11.3 Å². The van der Waals surface area contributed by atoms with Crippen LogP contribution in [-0.2, 0) is 16.0 Å². The SMILES string of the molecule is CC(C)c1cnn2c(N(Cc3cncs3)C(=O)OC(C)(C)C)cc(NC[C@@H]3CCN(C(=O)OC(C)(C)C)C[C@@H]3O)nc12. The Morgan fingerprint density at radius 1 is 1.17 bits per heavy atom. The van der Waals surface area contributed by atoms with Crippen LogP contribution in [0.2, 0.25) is 0 Å². The summed E-state index contributed by atoms with van der Waals surface area (Å²) < 4.78 is 12.9. The summed E-state index contributed by atoms with van der Waals surface area (Å²) in [6, 6.07) is 1.78. The van der Waals surface area contributed by atoms with Crippen LogP contribution in [0.15, 0.2) is 24.0 Å². The summed E-state index contributed by atoms with van der Waals surface area (Å²) in [6.07, 6.45) is 2.44. The van der Waals surface area contributed by atoms with E-state index in [-0.39, 0.29) is 24.9 Å². The first-order chi connectivity index (χ1) is 19.6. The largest absolute Gasteiger partial charge is 0.444 e. The zero-order valence-electron chi connectivity index (χ0n) is 25.7. The maximum absolute atomic E-state index is 13.5. The highest BCUT2D eigenvalue weighted by Crippen LogP contribution is 2.29. The molecule has 3 aromatic heterocycles. The summed E-state index contributed by atoms with van der Waals surface area (Å²) in [5.74, 6) is 1.07. The average molecular weight is 602 g/mol. The van der Waals surface area contributed by atoms with E-state index in [9.17, 15) is 14.7 Å². The monoisotopic (exact) mass is 601 g/mol. The van der Waals surface area contributed by atoms with Gasteiger partial charge in [-0.3, -0.25) is 9.88 Å². The highest BCUT2D eigenvalue weighted by molar-refractivity contribution is 7.09. The Hall–Kier alpha value is -3.45. The molecule has 1 saturated heterocycles. The van der Waals surface area contributed by atoms with E-state index in [1.165, 1.54) is 11.3 Å². The van der Waals surface area contributed by atoms with Gasteiger partial charge in [0, 0.05) is 41.7 Å². The minimum Gasteiger partial charge on any atom is -0.444 e. The molecule has 13 heteroatoms. The lowest BCUT2D eigenvalue weighted by atomic mass is 9.94. The Balaban J connectivity index is 1.61. The van der Waals surface area contributed by atoms with Crippen LogP contribution in [0.3, 0.4) is 0 Å². The van der Waals surface area contributed by atoms with Gasteiger partial charge in [0.15, 0.2) is 5.65 Å². The number of aliphatic hydroxyl groups is 1. The molecule has 1 aliphatic rings. The summed E-state index contributed by atoms with van der Waals surface area (Å²) >= 11 is 1.45. The van der Waals surface area contributed by atoms with Gasteiger partial charge in [-0.2, -0.15) is 9.61 Å². The standard InChI is InChI=1S/C29H43N7O5S/c1-18(2)21-14-32-36-24(35(15-20-13-30-17-42-20)27(39)41-29(6,7)8)11-23(33-25(21)36)31-12-19-9-10-34(16-22(19)37)26(38)40-28(3,4)5/h11,13-14,17-19,22,37H,9-10,12,15-16H2,1-8H3,(H,31,33)/t19-,22-/m0/s1. The second-order valence-corrected chi connectivity index (χ2v) is 13.9. The van der Waals surface area contributed by atoms with Crippen LogP contribution in [0, 0.1) is 5.92 Å². The molecule has 2 atom stereocenters. The van der Waals surface area contributed by atoms with Crippen molar-refractivity contribution >= 4 is 40.8 Å². The topological polar surface area (TPSA) is 134 Å². The highest BCUT2D eigenvalue weighted by Gasteiger charge is 2.33. The maximum Gasteiger partial charge on any atom is 0.416 e. The number of carbonyl (C=O) groups is 2. The summed E-state index contributed by atoms with van der Waals surface area (Å²) in [5, 5.41) is 18.9. The number of nitrogens with one attached hydrogen (secondary N) is 1.